The number of benzene rings is 2. The molecule has 1 fully saturated rings. The van der Waals surface area contributed by atoms with E-state index in [0.717, 1.165) is 11.1 Å². The molecule has 2 aliphatic heterocycles. The number of carbonyl (C=O) groups is 3. The van der Waals surface area contributed by atoms with Gasteiger partial charge in [-0.3, -0.25) is 14.4 Å². The van der Waals surface area contributed by atoms with Gasteiger partial charge >= 0.3 is 0 Å². The Labute approximate surface area is 199 Å². The van der Waals surface area contributed by atoms with Gasteiger partial charge < -0.3 is 15.5 Å². The Balaban J connectivity index is 1.51. The second kappa shape index (κ2) is 9.21. The fourth-order valence-electron chi connectivity index (χ4n) is 4.67. The summed E-state index contributed by atoms with van der Waals surface area (Å²) in [7, 11) is 0. The van der Waals surface area contributed by atoms with Crippen molar-refractivity contribution in [2.24, 2.45) is 5.92 Å². The second-order valence-corrected chi connectivity index (χ2v) is 11.4. The molecule has 0 bridgehead atoms. The number of hydrogen-bond donors (Lipinski definition) is 2. The number of nitrogens with one attached hydrogen (secondary N) is 2. The molecule has 0 aliphatic carbocycles. The van der Waals surface area contributed by atoms with Crippen molar-refractivity contribution in [1.82, 2.24) is 15.5 Å². The minimum atomic E-state index is -0.666. The van der Waals surface area contributed by atoms with Gasteiger partial charge in [-0.05, 0) is 43.4 Å². The van der Waals surface area contributed by atoms with E-state index in [0.29, 0.717) is 18.5 Å². The summed E-state index contributed by atoms with van der Waals surface area (Å²) in [6, 6.07) is 15.9. The molecule has 2 heterocycles. The molecule has 3 amide bonds. The molecule has 2 aliphatic rings. The first kappa shape index (κ1) is 23.4. The third-order valence-electron chi connectivity index (χ3n) is 6.19. The molecular formula is C26H31N3O3S. The topological polar surface area (TPSA) is 78.5 Å². The third-order valence-corrected chi connectivity index (χ3v) is 7.73. The van der Waals surface area contributed by atoms with Gasteiger partial charge in [-0.25, -0.2) is 0 Å². The molecule has 2 N–H and O–H groups in total. The zero-order valence-electron chi connectivity index (χ0n) is 19.5. The van der Waals surface area contributed by atoms with Crippen molar-refractivity contribution in [1.29, 1.82) is 0 Å². The SMILES string of the molecule is CC(C)C[C@H](NC(=O)[C@@H]1N2C(=O)c3ccccc3[C@H]2SC1(C)C)C(=O)NCc1ccccc1. The highest BCUT2D eigenvalue weighted by Crippen LogP contribution is 2.56. The van der Waals surface area contributed by atoms with E-state index < -0.39 is 16.8 Å². The van der Waals surface area contributed by atoms with E-state index in [-0.39, 0.29) is 29.0 Å². The summed E-state index contributed by atoms with van der Waals surface area (Å²) in [6.07, 6.45) is 0.518. The number of nitrogens with zero attached hydrogens (tertiary/aromatic N) is 1. The van der Waals surface area contributed by atoms with Gasteiger partial charge in [-0.15, -0.1) is 11.8 Å². The molecule has 1 saturated heterocycles. The molecule has 0 unspecified atom stereocenters. The zero-order valence-corrected chi connectivity index (χ0v) is 20.3. The Morgan fingerprint density at radius 1 is 1.06 bits per heavy atom. The molecule has 0 radical (unpaired) electrons. The van der Waals surface area contributed by atoms with E-state index in [4.69, 9.17) is 0 Å². The minimum absolute atomic E-state index is 0.122. The van der Waals surface area contributed by atoms with Crippen LogP contribution in [0.5, 0.6) is 0 Å². The Bertz CT molecular complexity index is 1050. The maximum atomic E-state index is 13.6. The van der Waals surface area contributed by atoms with E-state index in [1.165, 1.54) is 0 Å². The number of amides is 3. The normalized spacial score (nSPS) is 21.5. The van der Waals surface area contributed by atoms with Crippen LogP contribution < -0.4 is 10.6 Å². The van der Waals surface area contributed by atoms with Crippen molar-refractivity contribution in [3.8, 4) is 0 Å². The minimum Gasteiger partial charge on any atom is -0.350 e. The predicted molar refractivity (Wildman–Crippen MR) is 130 cm³/mol. The summed E-state index contributed by atoms with van der Waals surface area (Å²) in [5, 5.41) is 5.75. The molecule has 174 valence electrons. The van der Waals surface area contributed by atoms with Gasteiger partial charge in [0.15, 0.2) is 0 Å². The van der Waals surface area contributed by atoms with Gasteiger partial charge in [-0.1, -0.05) is 62.4 Å². The maximum Gasteiger partial charge on any atom is 0.256 e. The Hall–Kier alpha value is -2.80. The highest BCUT2D eigenvalue weighted by atomic mass is 32.2. The number of thioether (sulfide) groups is 1. The quantitative estimate of drug-likeness (QED) is 0.651. The lowest BCUT2D eigenvalue weighted by molar-refractivity contribution is -0.132. The van der Waals surface area contributed by atoms with Gasteiger partial charge in [0.05, 0.1) is 0 Å². The lowest BCUT2D eigenvalue weighted by Gasteiger charge is -2.31. The summed E-state index contributed by atoms with van der Waals surface area (Å²) in [4.78, 5) is 41.5. The molecule has 7 heteroatoms. The molecule has 2 aromatic carbocycles. The summed E-state index contributed by atoms with van der Waals surface area (Å²) < 4.78 is -0.485. The largest absolute Gasteiger partial charge is 0.350 e. The van der Waals surface area contributed by atoms with Crippen molar-refractivity contribution in [2.45, 2.75) is 62.9 Å². The first-order valence-corrected chi connectivity index (χ1v) is 12.3. The lowest BCUT2D eigenvalue weighted by Crippen LogP contribution is -2.57. The first-order valence-electron chi connectivity index (χ1n) is 11.4. The molecule has 0 spiro atoms. The average Bonchev–Trinajstić information content (AvgIpc) is 3.21. The van der Waals surface area contributed by atoms with E-state index in [1.54, 1.807) is 16.7 Å². The fourth-order valence-corrected chi connectivity index (χ4v) is 6.25. The van der Waals surface area contributed by atoms with Gasteiger partial charge in [0.2, 0.25) is 11.8 Å². The summed E-state index contributed by atoms with van der Waals surface area (Å²) >= 11 is 1.62. The monoisotopic (exact) mass is 465 g/mol. The Morgan fingerprint density at radius 2 is 1.73 bits per heavy atom. The van der Waals surface area contributed by atoms with Gasteiger partial charge in [0.1, 0.15) is 17.5 Å². The summed E-state index contributed by atoms with van der Waals surface area (Å²) in [6.45, 7) is 8.42. The van der Waals surface area contributed by atoms with Crippen LogP contribution in [0.3, 0.4) is 0 Å². The van der Waals surface area contributed by atoms with Gasteiger partial charge in [0.25, 0.3) is 5.91 Å². The van der Waals surface area contributed by atoms with Crippen LogP contribution in [0.4, 0.5) is 0 Å². The highest BCUT2D eigenvalue weighted by molar-refractivity contribution is 8.01. The first-order chi connectivity index (χ1) is 15.7. The molecule has 33 heavy (non-hydrogen) atoms. The van der Waals surface area contributed by atoms with Crippen LogP contribution in [-0.4, -0.2) is 39.5 Å². The van der Waals surface area contributed by atoms with Crippen LogP contribution in [0, 0.1) is 5.92 Å². The fraction of sp³-hybridized carbons (Fsp3) is 0.423. The van der Waals surface area contributed by atoms with Gasteiger partial charge in [0, 0.05) is 16.9 Å². The van der Waals surface area contributed by atoms with Crippen molar-refractivity contribution >= 4 is 29.5 Å². The van der Waals surface area contributed by atoms with Crippen LogP contribution in [0.25, 0.3) is 0 Å². The highest BCUT2D eigenvalue weighted by Gasteiger charge is 2.57. The van der Waals surface area contributed by atoms with E-state index in [1.807, 2.05) is 82.3 Å². The van der Waals surface area contributed by atoms with Crippen molar-refractivity contribution in [3.05, 3.63) is 71.3 Å². The summed E-state index contributed by atoms with van der Waals surface area (Å²) in [5.41, 5.74) is 2.61. The lowest BCUT2D eigenvalue weighted by atomic mass is 9.98. The van der Waals surface area contributed by atoms with Crippen LogP contribution in [0.1, 0.15) is 61.0 Å². The molecule has 6 nitrogen and oxygen atoms in total. The number of carbonyl (C=O) groups excluding carboxylic acids is 3. The van der Waals surface area contributed by atoms with Crippen molar-refractivity contribution < 1.29 is 14.4 Å². The van der Waals surface area contributed by atoms with Gasteiger partial charge in [-0.2, -0.15) is 0 Å². The van der Waals surface area contributed by atoms with E-state index >= 15 is 0 Å². The standard InChI is InChI=1S/C26H31N3O3S/c1-16(2)14-20(22(30)27-15-17-10-6-5-7-11-17)28-23(31)21-26(3,4)33-25-19-13-9-8-12-18(19)24(32)29(21)25/h5-13,16,20-21,25H,14-15H2,1-4H3,(H,27,30)(H,28,31)/t20-,21-,25+/m0/s1. The van der Waals surface area contributed by atoms with Crippen molar-refractivity contribution in [3.63, 3.8) is 0 Å². The molecule has 2 aromatic rings. The number of rotatable bonds is 7. The maximum absolute atomic E-state index is 13.6. The number of fused-ring (bicyclic) bond motifs is 3. The van der Waals surface area contributed by atoms with E-state index in [9.17, 15) is 14.4 Å². The molecule has 4 rings (SSSR count). The van der Waals surface area contributed by atoms with Crippen LogP contribution in [0.15, 0.2) is 54.6 Å². The van der Waals surface area contributed by atoms with Crippen LogP contribution >= 0.6 is 11.8 Å². The van der Waals surface area contributed by atoms with E-state index in [2.05, 4.69) is 10.6 Å². The Kier molecular flexibility index (Phi) is 6.52. The summed E-state index contributed by atoms with van der Waals surface area (Å²) in [5.74, 6) is -0.398. The third kappa shape index (κ3) is 4.64. The molecule has 3 atom stereocenters. The van der Waals surface area contributed by atoms with Crippen LogP contribution in [-0.2, 0) is 16.1 Å². The van der Waals surface area contributed by atoms with Crippen LogP contribution in [0.2, 0.25) is 0 Å². The molecule has 0 aromatic heterocycles. The number of hydrogen-bond acceptors (Lipinski definition) is 4. The molecule has 0 saturated carbocycles. The second-order valence-electron chi connectivity index (χ2n) is 9.67. The Morgan fingerprint density at radius 3 is 2.42 bits per heavy atom. The predicted octanol–water partition coefficient (Wildman–Crippen LogP) is 3.88. The molecular weight excluding hydrogens is 434 g/mol. The zero-order chi connectivity index (χ0) is 23.8. The smallest absolute Gasteiger partial charge is 0.256 e. The average molecular weight is 466 g/mol. The van der Waals surface area contributed by atoms with Crippen molar-refractivity contribution in [2.75, 3.05) is 0 Å².